The van der Waals surface area contributed by atoms with Crippen LogP contribution >= 0.6 is 11.6 Å². The van der Waals surface area contributed by atoms with Gasteiger partial charge in [-0.15, -0.1) is 0 Å². The number of ether oxygens (including phenoxy) is 2. The molecule has 3 aromatic carbocycles. The number of carbonyl (C=O) groups excluding carboxylic acids is 3. The van der Waals surface area contributed by atoms with Crippen LogP contribution in [0.3, 0.4) is 0 Å². The Balaban J connectivity index is 1.08. The summed E-state index contributed by atoms with van der Waals surface area (Å²) in [5, 5.41) is 10.8. The standard InChI is InChI=1S/C37H40ClN5O5/c1-3-47-35(45)15-16-39-37(46)41-28-9-4-8-25(18-28)21-42-22-27(20-40-42)29-10-5-12-32-36(29)30-19-26(30)23-43(32)34(44)14-7-17-48-33-13-6-11-31(38)24(33)2/h4-6,8-13,18,20,22,26,30H,3,7,14-17,19,21,23H2,1-2H3,(H2,39,41,46)/t26-,30-/m0/s1. The molecule has 2 aliphatic rings. The number of amides is 3. The number of anilines is 2. The Kier molecular flexibility index (Phi) is 10.3. The van der Waals surface area contributed by atoms with Crippen LogP contribution in [0, 0.1) is 12.8 Å². The number of esters is 1. The minimum Gasteiger partial charge on any atom is -0.493 e. The number of aromatic nitrogens is 2. The lowest BCUT2D eigenvalue weighted by Crippen LogP contribution is -2.36. The van der Waals surface area contributed by atoms with Crippen LogP contribution in [0.15, 0.2) is 73.1 Å². The SMILES string of the molecule is CCOC(=O)CCNC(=O)Nc1cccc(Cn2cc(-c3cccc4c3[C@H]3C[C@H]3CN4C(=O)CCCOc3cccc(Cl)c3C)cn2)c1. The molecule has 250 valence electrons. The number of hydrogen-bond acceptors (Lipinski definition) is 6. The average Bonchev–Trinajstić information content (AvgIpc) is 3.72. The van der Waals surface area contributed by atoms with Gasteiger partial charge in [0.25, 0.3) is 0 Å². The zero-order valence-corrected chi connectivity index (χ0v) is 28.0. The summed E-state index contributed by atoms with van der Waals surface area (Å²) < 4.78 is 12.7. The number of halogens is 1. The molecule has 1 fully saturated rings. The van der Waals surface area contributed by atoms with Crippen molar-refractivity contribution in [1.82, 2.24) is 15.1 Å². The molecule has 2 N–H and O–H groups in total. The van der Waals surface area contributed by atoms with E-state index in [1.807, 2.05) is 77.4 Å². The average molecular weight is 670 g/mol. The summed E-state index contributed by atoms with van der Waals surface area (Å²) in [5.74, 6) is 1.44. The molecule has 0 bridgehead atoms. The van der Waals surface area contributed by atoms with Crippen molar-refractivity contribution in [1.29, 1.82) is 0 Å². The molecule has 2 heterocycles. The number of nitrogens with zero attached hydrogens (tertiary/aromatic N) is 3. The highest BCUT2D eigenvalue weighted by molar-refractivity contribution is 6.31. The molecule has 1 aromatic heterocycles. The van der Waals surface area contributed by atoms with Crippen LogP contribution in [0.4, 0.5) is 16.2 Å². The van der Waals surface area contributed by atoms with Crippen LogP contribution in [0.25, 0.3) is 11.1 Å². The van der Waals surface area contributed by atoms with Crippen LogP contribution in [0.5, 0.6) is 5.75 Å². The van der Waals surface area contributed by atoms with Crippen LogP contribution in [-0.2, 0) is 20.9 Å². The largest absolute Gasteiger partial charge is 0.493 e. The number of urea groups is 1. The van der Waals surface area contributed by atoms with Crippen LogP contribution in [-0.4, -0.2) is 54.0 Å². The Labute approximate surface area is 285 Å². The maximum Gasteiger partial charge on any atom is 0.319 e. The second kappa shape index (κ2) is 14.9. The van der Waals surface area contributed by atoms with Crippen molar-refractivity contribution >= 4 is 40.9 Å². The first kappa shape index (κ1) is 33.1. The first-order valence-corrected chi connectivity index (χ1v) is 16.8. The third-order valence-electron chi connectivity index (χ3n) is 8.79. The summed E-state index contributed by atoms with van der Waals surface area (Å²) in [5.41, 5.74) is 6.86. The second-order valence-electron chi connectivity index (χ2n) is 12.2. The van der Waals surface area contributed by atoms with Gasteiger partial charge < -0.3 is 25.0 Å². The highest BCUT2D eigenvalue weighted by Crippen LogP contribution is 2.57. The Morgan fingerprint density at radius 2 is 1.90 bits per heavy atom. The zero-order chi connectivity index (χ0) is 33.6. The lowest BCUT2D eigenvalue weighted by atomic mass is 9.92. The molecule has 0 saturated heterocycles. The van der Waals surface area contributed by atoms with Gasteiger partial charge in [0.15, 0.2) is 0 Å². The van der Waals surface area contributed by atoms with Gasteiger partial charge in [-0.1, -0.05) is 41.9 Å². The van der Waals surface area contributed by atoms with Gasteiger partial charge in [0, 0.05) is 53.2 Å². The van der Waals surface area contributed by atoms with E-state index in [-0.39, 0.29) is 24.8 Å². The van der Waals surface area contributed by atoms with Crippen molar-refractivity contribution in [3.05, 3.63) is 94.8 Å². The molecular weight excluding hydrogens is 630 g/mol. The Morgan fingerprint density at radius 1 is 1.06 bits per heavy atom. The number of rotatable bonds is 13. The minimum absolute atomic E-state index is 0.113. The van der Waals surface area contributed by atoms with Crippen molar-refractivity contribution in [3.8, 4) is 16.9 Å². The van der Waals surface area contributed by atoms with Gasteiger partial charge in [-0.2, -0.15) is 5.10 Å². The molecule has 0 unspecified atom stereocenters. The smallest absolute Gasteiger partial charge is 0.319 e. The Hall–Kier alpha value is -4.83. The lowest BCUT2D eigenvalue weighted by molar-refractivity contribution is -0.142. The van der Waals surface area contributed by atoms with Gasteiger partial charge in [0.2, 0.25) is 5.91 Å². The molecule has 48 heavy (non-hydrogen) atoms. The van der Waals surface area contributed by atoms with Gasteiger partial charge in [-0.3, -0.25) is 14.3 Å². The predicted octanol–water partition coefficient (Wildman–Crippen LogP) is 6.94. The molecule has 6 rings (SSSR count). The Bertz CT molecular complexity index is 1810. The third-order valence-corrected chi connectivity index (χ3v) is 9.20. The Morgan fingerprint density at radius 3 is 2.75 bits per heavy atom. The summed E-state index contributed by atoms with van der Waals surface area (Å²) in [6, 6.07) is 19.0. The van der Waals surface area contributed by atoms with Gasteiger partial charge in [0.1, 0.15) is 5.75 Å². The molecule has 0 radical (unpaired) electrons. The molecule has 0 spiro atoms. The fourth-order valence-corrected chi connectivity index (χ4v) is 6.46. The van der Waals surface area contributed by atoms with Crippen LogP contribution in [0.2, 0.25) is 5.02 Å². The summed E-state index contributed by atoms with van der Waals surface area (Å²) in [4.78, 5) is 39.3. The maximum absolute atomic E-state index is 13.5. The molecule has 10 nitrogen and oxygen atoms in total. The third kappa shape index (κ3) is 7.82. The summed E-state index contributed by atoms with van der Waals surface area (Å²) in [6.45, 7) is 5.89. The van der Waals surface area contributed by atoms with E-state index >= 15 is 0 Å². The van der Waals surface area contributed by atoms with Crippen molar-refractivity contribution in [2.75, 3.05) is 36.5 Å². The number of fused-ring (bicyclic) bond motifs is 3. The monoisotopic (exact) mass is 669 g/mol. The van der Waals surface area contributed by atoms with E-state index in [2.05, 4.69) is 27.9 Å². The lowest BCUT2D eigenvalue weighted by Gasteiger charge is -2.30. The molecule has 4 aromatic rings. The summed E-state index contributed by atoms with van der Waals surface area (Å²) in [6.07, 6.45) is 6.13. The maximum atomic E-state index is 13.5. The van der Waals surface area contributed by atoms with E-state index in [4.69, 9.17) is 21.1 Å². The summed E-state index contributed by atoms with van der Waals surface area (Å²) in [7, 11) is 0. The van der Waals surface area contributed by atoms with Crippen LogP contribution in [0.1, 0.15) is 55.2 Å². The number of carbonyl (C=O) groups is 3. The summed E-state index contributed by atoms with van der Waals surface area (Å²) >= 11 is 6.21. The van der Waals surface area contributed by atoms with Crippen LogP contribution < -0.4 is 20.3 Å². The topological polar surface area (TPSA) is 115 Å². The van der Waals surface area contributed by atoms with E-state index in [1.165, 1.54) is 5.56 Å². The molecule has 1 aliphatic heterocycles. The highest BCUT2D eigenvalue weighted by atomic mass is 35.5. The van der Waals surface area contributed by atoms with E-state index in [9.17, 15) is 14.4 Å². The quantitative estimate of drug-likeness (QED) is 0.118. The molecule has 11 heteroatoms. The van der Waals surface area contributed by atoms with Gasteiger partial charge in [-0.05, 0) is 85.5 Å². The van der Waals surface area contributed by atoms with E-state index < -0.39 is 6.03 Å². The first-order chi connectivity index (χ1) is 23.3. The van der Waals surface area contributed by atoms with E-state index in [0.29, 0.717) is 55.1 Å². The molecule has 2 atom stereocenters. The fourth-order valence-electron chi connectivity index (χ4n) is 6.30. The molecule has 1 saturated carbocycles. The van der Waals surface area contributed by atoms with E-state index in [0.717, 1.165) is 46.7 Å². The predicted molar refractivity (Wildman–Crippen MR) is 186 cm³/mol. The zero-order valence-electron chi connectivity index (χ0n) is 27.2. The van der Waals surface area contributed by atoms with E-state index in [1.54, 1.807) is 6.92 Å². The van der Waals surface area contributed by atoms with Gasteiger partial charge in [-0.25, -0.2) is 4.79 Å². The second-order valence-corrected chi connectivity index (χ2v) is 12.6. The van der Waals surface area contributed by atoms with Gasteiger partial charge >= 0.3 is 12.0 Å². The highest BCUT2D eigenvalue weighted by Gasteiger charge is 2.47. The van der Waals surface area contributed by atoms with Gasteiger partial charge in [0.05, 0.1) is 32.4 Å². The minimum atomic E-state index is -0.390. The number of nitrogens with one attached hydrogen (secondary N) is 2. The molecule has 1 aliphatic carbocycles. The number of hydrogen-bond donors (Lipinski definition) is 2. The first-order valence-electron chi connectivity index (χ1n) is 16.4. The molecule has 3 amide bonds. The van der Waals surface area contributed by atoms with Crippen molar-refractivity contribution in [2.45, 2.75) is 52.0 Å². The molecular formula is C37H40ClN5O5. The van der Waals surface area contributed by atoms with Crippen molar-refractivity contribution in [2.24, 2.45) is 5.92 Å². The van der Waals surface area contributed by atoms with Crippen molar-refractivity contribution in [3.63, 3.8) is 0 Å². The van der Waals surface area contributed by atoms with Crippen molar-refractivity contribution < 1.29 is 23.9 Å². The normalized spacial score (nSPS) is 16.0. The fraction of sp³-hybridized carbons (Fsp3) is 0.351. The number of benzene rings is 3.